The summed E-state index contributed by atoms with van der Waals surface area (Å²) in [5.41, 5.74) is 1.00. The Bertz CT molecular complexity index is 511. The van der Waals surface area contributed by atoms with Crippen LogP contribution in [0.3, 0.4) is 0 Å². The van der Waals surface area contributed by atoms with E-state index in [-0.39, 0.29) is 11.8 Å². The summed E-state index contributed by atoms with van der Waals surface area (Å²) in [6.07, 6.45) is 13.2. The molecule has 2 atom stereocenters. The number of anilines is 1. The maximum atomic E-state index is 12.3. The third-order valence-electron chi connectivity index (χ3n) is 5.49. The van der Waals surface area contributed by atoms with Gasteiger partial charge in [0.1, 0.15) is 5.75 Å². The van der Waals surface area contributed by atoms with Crippen molar-refractivity contribution in [1.29, 1.82) is 0 Å². The van der Waals surface area contributed by atoms with Gasteiger partial charge in [0.05, 0.1) is 13.0 Å². The summed E-state index contributed by atoms with van der Waals surface area (Å²) in [6, 6.07) is 8.21. The molecule has 1 saturated heterocycles. The number of unbranched alkanes of at least 4 members (excludes halogenated alkanes) is 8. The summed E-state index contributed by atoms with van der Waals surface area (Å²) in [5.74, 6) is 1.25. The van der Waals surface area contributed by atoms with Gasteiger partial charge in [0.2, 0.25) is 5.91 Å². The van der Waals surface area contributed by atoms with Crippen molar-refractivity contribution in [3.05, 3.63) is 24.3 Å². The van der Waals surface area contributed by atoms with Gasteiger partial charge < -0.3 is 9.64 Å². The summed E-state index contributed by atoms with van der Waals surface area (Å²) in [4.78, 5) is 14.3. The molecule has 0 unspecified atom stereocenters. The highest BCUT2D eigenvalue weighted by Gasteiger charge is 2.44. The minimum absolute atomic E-state index is 0.163. The van der Waals surface area contributed by atoms with Gasteiger partial charge >= 0.3 is 0 Å². The quantitative estimate of drug-likeness (QED) is 0.345. The topological polar surface area (TPSA) is 29.5 Å². The summed E-state index contributed by atoms with van der Waals surface area (Å²) in [6.45, 7) is 4.34. The van der Waals surface area contributed by atoms with Gasteiger partial charge in [-0.15, -0.1) is 0 Å². The van der Waals surface area contributed by atoms with E-state index >= 15 is 0 Å². The van der Waals surface area contributed by atoms with Crippen molar-refractivity contribution in [1.82, 2.24) is 0 Å². The van der Waals surface area contributed by atoms with Crippen LogP contribution in [0, 0.1) is 5.92 Å². The molecule has 1 aromatic carbocycles. The lowest BCUT2D eigenvalue weighted by Crippen LogP contribution is -2.60. The molecule has 0 aromatic heterocycles. The first-order valence-electron chi connectivity index (χ1n) is 10.2. The van der Waals surface area contributed by atoms with Crippen LogP contribution < -0.4 is 9.64 Å². The second-order valence-electron chi connectivity index (χ2n) is 7.38. The molecule has 25 heavy (non-hydrogen) atoms. The van der Waals surface area contributed by atoms with Crippen molar-refractivity contribution in [2.45, 2.75) is 84.1 Å². The minimum atomic E-state index is 0.163. The van der Waals surface area contributed by atoms with Crippen LogP contribution in [0.2, 0.25) is 0 Å². The van der Waals surface area contributed by atoms with E-state index in [0.717, 1.165) is 17.9 Å². The van der Waals surface area contributed by atoms with Crippen LogP contribution in [0.1, 0.15) is 78.1 Å². The van der Waals surface area contributed by atoms with E-state index < -0.39 is 0 Å². The van der Waals surface area contributed by atoms with Crippen LogP contribution >= 0.6 is 0 Å². The number of ether oxygens (including phenoxy) is 1. The molecule has 1 fully saturated rings. The molecule has 0 radical (unpaired) electrons. The first kappa shape index (κ1) is 19.8. The average molecular weight is 346 g/mol. The van der Waals surface area contributed by atoms with E-state index in [1.54, 1.807) is 7.11 Å². The monoisotopic (exact) mass is 345 g/mol. The molecule has 0 N–H and O–H groups in total. The lowest BCUT2D eigenvalue weighted by Gasteiger charge is -2.46. The normalized spacial score (nSPS) is 19.8. The molecule has 1 aromatic rings. The van der Waals surface area contributed by atoms with Crippen molar-refractivity contribution < 1.29 is 9.53 Å². The van der Waals surface area contributed by atoms with Gasteiger partial charge in [-0.2, -0.15) is 0 Å². The highest BCUT2D eigenvalue weighted by molar-refractivity contribution is 6.02. The van der Waals surface area contributed by atoms with Crippen LogP contribution in [0.5, 0.6) is 5.75 Å². The van der Waals surface area contributed by atoms with Crippen LogP contribution in [0.4, 0.5) is 5.69 Å². The Morgan fingerprint density at radius 2 is 1.48 bits per heavy atom. The molecular formula is C22H35NO2. The van der Waals surface area contributed by atoms with Gasteiger partial charge in [0.25, 0.3) is 0 Å². The Hall–Kier alpha value is -1.51. The fraction of sp³-hybridized carbons (Fsp3) is 0.682. The number of hydrogen-bond acceptors (Lipinski definition) is 2. The number of carbonyl (C=O) groups is 1. The zero-order chi connectivity index (χ0) is 18.1. The van der Waals surface area contributed by atoms with Gasteiger partial charge in [-0.05, 0) is 30.7 Å². The fourth-order valence-electron chi connectivity index (χ4n) is 3.79. The lowest BCUT2D eigenvalue weighted by atomic mass is 9.84. The van der Waals surface area contributed by atoms with Crippen molar-refractivity contribution in [3.63, 3.8) is 0 Å². The van der Waals surface area contributed by atoms with Gasteiger partial charge in [0.15, 0.2) is 0 Å². The van der Waals surface area contributed by atoms with E-state index in [1.807, 2.05) is 29.2 Å². The Kier molecular flexibility index (Phi) is 8.30. The van der Waals surface area contributed by atoms with Crippen LogP contribution in [0.15, 0.2) is 24.3 Å². The van der Waals surface area contributed by atoms with Crippen molar-refractivity contribution in [3.8, 4) is 5.75 Å². The van der Waals surface area contributed by atoms with E-state index in [0.29, 0.717) is 6.04 Å². The highest BCUT2D eigenvalue weighted by Crippen LogP contribution is 2.36. The predicted molar refractivity (Wildman–Crippen MR) is 105 cm³/mol. The van der Waals surface area contributed by atoms with E-state index in [9.17, 15) is 4.79 Å². The number of methoxy groups -OCH3 is 1. The maximum absolute atomic E-state index is 12.3. The summed E-state index contributed by atoms with van der Waals surface area (Å²) in [5, 5.41) is 0. The molecule has 2 rings (SSSR count). The van der Waals surface area contributed by atoms with Gasteiger partial charge in [-0.3, -0.25) is 4.79 Å². The molecule has 3 nitrogen and oxygen atoms in total. The zero-order valence-corrected chi connectivity index (χ0v) is 16.3. The number of rotatable bonds is 12. The molecule has 0 saturated carbocycles. The van der Waals surface area contributed by atoms with Crippen LogP contribution in [-0.4, -0.2) is 19.1 Å². The van der Waals surface area contributed by atoms with E-state index in [1.165, 1.54) is 57.8 Å². The second-order valence-corrected chi connectivity index (χ2v) is 7.38. The summed E-state index contributed by atoms with van der Waals surface area (Å²) < 4.78 is 5.21. The largest absolute Gasteiger partial charge is 0.497 e. The third-order valence-corrected chi connectivity index (χ3v) is 5.49. The summed E-state index contributed by atoms with van der Waals surface area (Å²) in [7, 11) is 1.67. The second kappa shape index (κ2) is 10.5. The van der Waals surface area contributed by atoms with Crippen LogP contribution in [-0.2, 0) is 4.79 Å². The molecule has 3 heteroatoms. The van der Waals surface area contributed by atoms with E-state index in [4.69, 9.17) is 4.74 Å². The molecule has 1 heterocycles. The number of nitrogens with zero attached hydrogens (tertiary/aromatic N) is 1. The molecule has 0 spiro atoms. The highest BCUT2D eigenvalue weighted by atomic mass is 16.5. The van der Waals surface area contributed by atoms with Gasteiger partial charge in [-0.1, -0.05) is 71.6 Å². The molecule has 0 bridgehead atoms. The SMILES string of the molecule is CCCCCCCCCCC[C@@H]1[C@@H](C)C(=O)N1c1ccc(OC)cc1. The molecule has 1 aliphatic rings. The first-order valence-corrected chi connectivity index (χ1v) is 10.2. The minimum Gasteiger partial charge on any atom is -0.497 e. The number of amides is 1. The lowest BCUT2D eigenvalue weighted by molar-refractivity contribution is -0.129. The Balaban J connectivity index is 1.68. The Labute approximate surface area is 153 Å². The smallest absolute Gasteiger partial charge is 0.232 e. The third kappa shape index (κ3) is 5.49. The number of hydrogen-bond donors (Lipinski definition) is 0. The molecule has 1 aliphatic heterocycles. The fourth-order valence-corrected chi connectivity index (χ4v) is 3.79. The van der Waals surface area contributed by atoms with Gasteiger partial charge in [0, 0.05) is 11.7 Å². The van der Waals surface area contributed by atoms with Crippen LogP contribution in [0.25, 0.3) is 0 Å². The van der Waals surface area contributed by atoms with Crippen molar-refractivity contribution in [2.24, 2.45) is 5.92 Å². The number of benzene rings is 1. The van der Waals surface area contributed by atoms with Crippen molar-refractivity contribution >= 4 is 11.6 Å². The first-order chi connectivity index (χ1) is 12.2. The maximum Gasteiger partial charge on any atom is 0.232 e. The standard InChI is InChI=1S/C22H35NO2/c1-4-5-6-7-8-9-10-11-12-13-21-18(2)22(24)23(21)19-14-16-20(25-3)17-15-19/h14-18,21H,4-13H2,1-3H3/t18-,21-/m1/s1. The van der Waals surface area contributed by atoms with E-state index in [2.05, 4.69) is 13.8 Å². The molecule has 0 aliphatic carbocycles. The number of carbonyl (C=O) groups excluding carboxylic acids is 1. The Morgan fingerprint density at radius 3 is 2.04 bits per heavy atom. The Morgan fingerprint density at radius 1 is 0.920 bits per heavy atom. The van der Waals surface area contributed by atoms with Crippen molar-refractivity contribution in [2.75, 3.05) is 12.0 Å². The van der Waals surface area contributed by atoms with Gasteiger partial charge in [-0.25, -0.2) is 0 Å². The molecular weight excluding hydrogens is 310 g/mol. The predicted octanol–water partition coefficient (Wildman–Crippen LogP) is 5.97. The average Bonchev–Trinajstić information content (AvgIpc) is 2.65. The molecule has 1 amide bonds. The zero-order valence-electron chi connectivity index (χ0n) is 16.3. The number of β-lactam (4-membered cyclic amide) rings is 1. The molecule has 140 valence electrons. The summed E-state index contributed by atoms with van der Waals surface area (Å²) >= 11 is 0.